The number of nitrogens with one attached hydrogen (secondary N) is 2. The zero-order chi connectivity index (χ0) is 23.0. The van der Waals surface area contributed by atoms with Crippen LogP contribution in [0.5, 0.6) is 0 Å². The van der Waals surface area contributed by atoms with Crippen LogP contribution in [-0.4, -0.2) is 36.8 Å². The molecule has 12 heteroatoms. The van der Waals surface area contributed by atoms with Gasteiger partial charge in [-0.2, -0.15) is 23.0 Å². The molecule has 0 bridgehead atoms. The normalized spacial score (nSPS) is 18.5. The third-order valence-corrected chi connectivity index (χ3v) is 6.40. The van der Waals surface area contributed by atoms with Crippen molar-refractivity contribution in [3.63, 3.8) is 0 Å². The molecule has 0 spiro atoms. The van der Waals surface area contributed by atoms with Crippen molar-refractivity contribution < 1.29 is 13.2 Å². The lowest BCUT2D eigenvalue weighted by molar-refractivity contribution is -0.138. The predicted octanol–water partition coefficient (Wildman–Crippen LogP) is 4.10. The van der Waals surface area contributed by atoms with Gasteiger partial charge in [0.25, 0.3) is 5.56 Å². The van der Waals surface area contributed by atoms with Crippen molar-refractivity contribution >= 4 is 33.2 Å². The topological polar surface area (TPSA) is 97.6 Å². The molecule has 2 N–H and O–H groups in total. The molecule has 0 amide bonds. The highest BCUT2D eigenvalue weighted by Crippen LogP contribution is 2.29. The van der Waals surface area contributed by atoms with Crippen LogP contribution in [-0.2, 0) is 6.18 Å². The first-order chi connectivity index (χ1) is 15.9. The number of rotatable bonds is 5. The molecule has 2 atom stereocenters. The Morgan fingerprint density at radius 2 is 1.73 bits per heavy atom. The van der Waals surface area contributed by atoms with E-state index in [1.807, 2.05) is 11.4 Å². The molecule has 8 nitrogen and oxygen atoms in total. The number of aromatic nitrogens is 5. The fourth-order valence-corrected chi connectivity index (χ4v) is 4.62. The van der Waals surface area contributed by atoms with E-state index in [1.165, 1.54) is 16.0 Å². The first-order valence-electron chi connectivity index (χ1n) is 10.2. The lowest BCUT2D eigenvalue weighted by Crippen LogP contribution is -2.22. The van der Waals surface area contributed by atoms with Gasteiger partial charge in [-0.05, 0) is 42.8 Å². The first-order valence-corrected chi connectivity index (χ1v) is 11.1. The molecule has 1 aliphatic rings. The summed E-state index contributed by atoms with van der Waals surface area (Å²) in [6, 6.07) is 5.61. The molecule has 0 unspecified atom stereocenters. The Bertz CT molecular complexity index is 1320. The van der Waals surface area contributed by atoms with Crippen molar-refractivity contribution in [3.8, 4) is 5.69 Å². The molecule has 4 aromatic rings. The smallest absolute Gasteiger partial charge is 0.367 e. The summed E-state index contributed by atoms with van der Waals surface area (Å²) < 4.78 is 39.9. The minimum atomic E-state index is -4.45. The summed E-state index contributed by atoms with van der Waals surface area (Å²) in [5.74, 6) is 0.845. The average Bonchev–Trinajstić information content (AvgIpc) is 3.44. The van der Waals surface area contributed by atoms with Crippen LogP contribution in [0, 0.1) is 0 Å². The zero-order valence-electron chi connectivity index (χ0n) is 17.1. The Morgan fingerprint density at radius 1 is 0.970 bits per heavy atom. The molecule has 0 saturated heterocycles. The van der Waals surface area contributed by atoms with Crippen molar-refractivity contribution in [2.45, 2.75) is 37.5 Å². The molecular formula is C21H18F3N7OS. The number of pyridine rings is 1. The first kappa shape index (κ1) is 21.3. The highest BCUT2D eigenvalue weighted by Gasteiger charge is 2.31. The average molecular weight is 473 g/mol. The van der Waals surface area contributed by atoms with Crippen LogP contribution in [0.1, 0.15) is 24.8 Å². The fourth-order valence-electron chi connectivity index (χ4n) is 3.83. The number of alkyl halides is 3. The summed E-state index contributed by atoms with van der Waals surface area (Å²) in [5.41, 5.74) is -0.479. The number of thiophene rings is 1. The molecule has 1 saturated carbocycles. The van der Waals surface area contributed by atoms with E-state index in [2.05, 4.69) is 30.7 Å². The maximum atomic E-state index is 12.6. The number of halogens is 3. The van der Waals surface area contributed by atoms with E-state index in [1.54, 1.807) is 24.5 Å². The van der Waals surface area contributed by atoms with Crippen LogP contribution in [0.2, 0.25) is 0 Å². The maximum absolute atomic E-state index is 12.6. The van der Waals surface area contributed by atoms with E-state index < -0.39 is 11.7 Å². The van der Waals surface area contributed by atoms with Crippen molar-refractivity contribution in [1.29, 1.82) is 0 Å². The predicted molar refractivity (Wildman–Crippen MR) is 119 cm³/mol. The van der Waals surface area contributed by atoms with E-state index in [4.69, 9.17) is 0 Å². The van der Waals surface area contributed by atoms with Gasteiger partial charge in [0.05, 0.1) is 23.6 Å². The second-order valence-electron chi connectivity index (χ2n) is 7.76. The molecule has 0 aliphatic heterocycles. The summed E-state index contributed by atoms with van der Waals surface area (Å²) in [6.07, 6.45) is 2.78. The van der Waals surface area contributed by atoms with Gasteiger partial charge in [-0.3, -0.25) is 4.79 Å². The molecule has 170 valence electrons. The highest BCUT2D eigenvalue weighted by atomic mass is 32.1. The summed E-state index contributed by atoms with van der Waals surface area (Å²) in [4.78, 5) is 24.6. The molecule has 4 heterocycles. The van der Waals surface area contributed by atoms with E-state index in [-0.39, 0.29) is 23.6 Å². The van der Waals surface area contributed by atoms with E-state index >= 15 is 0 Å². The standard InChI is InChI=1S/C21H18F3N7OS/c22-21(23,24)13-9-26-20(27-10-13)30-15-2-1-14(7-15)29-17-4-3-16(11-25-17)31-19(32)18-12(8-28-31)5-6-33-18/h3-6,8-11,14-15H,1-2,7H2,(H,25,29)(H,26,27,30)/t14-,15-/m0/s1. The molecule has 1 aliphatic carbocycles. The van der Waals surface area contributed by atoms with Crippen molar-refractivity contribution in [2.75, 3.05) is 10.6 Å². The molecule has 0 radical (unpaired) electrons. The largest absolute Gasteiger partial charge is 0.419 e. The third kappa shape index (κ3) is 4.51. The van der Waals surface area contributed by atoms with Gasteiger partial charge < -0.3 is 10.6 Å². The van der Waals surface area contributed by atoms with Crippen LogP contribution in [0.4, 0.5) is 24.9 Å². The molecule has 5 rings (SSSR count). The minimum absolute atomic E-state index is 0.0406. The Morgan fingerprint density at radius 3 is 2.42 bits per heavy atom. The summed E-state index contributed by atoms with van der Waals surface area (Å²) >= 11 is 1.38. The van der Waals surface area contributed by atoms with Crippen molar-refractivity contribution in [3.05, 3.63) is 64.3 Å². The molecular weight excluding hydrogens is 455 g/mol. The zero-order valence-corrected chi connectivity index (χ0v) is 17.9. The fraction of sp³-hybridized carbons (Fsp3) is 0.286. The van der Waals surface area contributed by atoms with Crippen molar-refractivity contribution in [1.82, 2.24) is 24.7 Å². The van der Waals surface area contributed by atoms with Crippen LogP contribution < -0.4 is 16.2 Å². The number of fused-ring (bicyclic) bond motifs is 1. The van der Waals surface area contributed by atoms with Crippen LogP contribution >= 0.6 is 11.3 Å². The van der Waals surface area contributed by atoms with Gasteiger partial charge in [-0.15, -0.1) is 11.3 Å². The number of hydrogen-bond acceptors (Lipinski definition) is 8. The third-order valence-electron chi connectivity index (χ3n) is 5.48. The number of hydrogen-bond donors (Lipinski definition) is 2. The van der Waals surface area contributed by atoms with Crippen LogP contribution in [0.3, 0.4) is 0 Å². The lowest BCUT2D eigenvalue weighted by Gasteiger charge is -2.15. The van der Waals surface area contributed by atoms with Gasteiger partial charge in [0.15, 0.2) is 0 Å². The molecule has 33 heavy (non-hydrogen) atoms. The lowest BCUT2D eigenvalue weighted by atomic mass is 10.2. The van der Waals surface area contributed by atoms with Gasteiger partial charge in [0, 0.05) is 29.9 Å². The van der Waals surface area contributed by atoms with E-state index in [0.717, 1.165) is 37.0 Å². The van der Waals surface area contributed by atoms with Gasteiger partial charge in [-0.1, -0.05) is 0 Å². The second-order valence-corrected chi connectivity index (χ2v) is 8.67. The Labute approximate surface area is 189 Å². The SMILES string of the molecule is O=c1c2sccc2cnn1-c1ccc(N[C@H]2CC[C@H](Nc3ncc(C(F)(F)F)cn3)C2)nc1. The van der Waals surface area contributed by atoms with Gasteiger partial charge in [-0.25, -0.2) is 15.0 Å². The van der Waals surface area contributed by atoms with E-state index in [9.17, 15) is 18.0 Å². The minimum Gasteiger partial charge on any atom is -0.367 e. The number of nitrogens with zero attached hydrogens (tertiary/aromatic N) is 5. The maximum Gasteiger partial charge on any atom is 0.419 e. The Kier molecular flexibility index (Phi) is 5.44. The Hall–Kier alpha value is -3.54. The second kappa shape index (κ2) is 8.43. The summed E-state index contributed by atoms with van der Waals surface area (Å²) in [5, 5.41) is 13.3. The van der Waals surface area contributed by atoms with Gasteiger partial charge >= 0.3 is 6.18 Å². The van der Waals surface area contributed by atoms with Crippen LogP contribution in [0.15, 0.2) is 53.2 Å². The quantitative estimate of drug-likeness (QED) is 0.450. The van der Waals surface area contributed by atoms with Crippen LogP contribution in [0.25, 0.3) is 15.8 Å². The molecule has 0 aromatic carbocycles. The van der Waals surface area contributed by atoms with E-state index in [0.29, 0.717) is 16.2 Å². The monoisotopic (exact) mass is 473 g/mol. The van der Waals surface area contributed by atoms with Gasteiger partial charge in [0.2, 0.25) is 5.95 Å². The van der Waals surface area contributed by atoms with Gasteiger partial charge in [0.1, 0.15) is 10.5 Å². The summed E-state index contributed by atoms with van der Waals surface area (Å²) in [7, 11) is 0. The Balaban J connectivity index is 1.20. The highest BCUT2D eigenvalue weighted by molar-refractivity contribution is 7.17. The van der Waals surface area contributed by atoms with Crippen molar-refractivity contribution in [2.24, 2.45) is 0 Å². The summed E-state index contributed by atoms with van der Waals surface area (Å²) in [6.45, 7) is 0. The molecule has 4 aromatic heterocycles. The molecule has 1 fully saturated rings. The number of anilines is 2.